The van der Waals surface area contributed by atoms with Gasteiger partial charge in [0.15, 0.2) is 17.3 Å². The lowest BCUT2D eigenvalue weighted by Gasteiger charge is -2.23. The Labute approximate surface area is 278 Å². The topological polar surface area (TPSA) is 120 Å². The van der Waals surface area contributed by atoms with E-state index in [1.165, 1.54) is 6.08 Å². The highest BCUT2D eigenvalue weighted by atomic mass is 35.5. The maximum absolute atomic E-state index is 15.2. The van der Waals surface area contributed by atoms with Crippen LogP contribution < -0.4 is 34.9 Å². The van der Waals surface area contributed by atoms with Crippen LogP contribution in [0.3, 0.4) is 0 Å². The van der Waals surface area contributed by atoms with E-state index >= 15 is 4.39 Å². The third-order valence-electron chi connectivity index (χ3n) is 7.98. The number of fused-ring (bicyclic) bond motifs is 1. The molecule has 2 heterocycles. The van der Waals surface area contributed by atoms with Gasteiger partial charge in [-0.2, -0.15) is 0 Å². The molecule has 10 nitrogen and oxygen atoms in total. The van der Waals surface area contributed by atoms with Crippen LogP contribution in [0.2, 0.25) is 5.02 Å². The number of hydrogen-bond acceptors (Lipinski definition) is 8. The smallest absolute Gasteiger partial charge is 0.313 e. The molecule has 1 fully saturated rings. The summed E-state index contributed by atoms with van der Waals surface area (Å²) in [4.78, 5) is 29.4. The maximum atomic E-state index is 15.2. The first-order valence-corrected chi connectivity index (χ1v) is 16.3. The molecule has 1 aliphatic heterocycles. The summed E-state index contributed by atoms with van der Waals surface area (Å²) in [5.74, 6) is 0.379. The molecule has 2 amide bonds. The Kier molecular flexibility index (Phi) is 11.9. The zero-order valence-electron chi connectivity index (χ0n) is 26.6. The van der Waals surface area contributed by atoms with Crippen molar-refractivity contribution < 1.29 is 32.9 Å². The molecule has 2 aromatic carbocycles. The van der Waals surface area contributed by atoms with Crippen molar-refractivity contribution in [2.45, 2.75) is 45.4 Å². The summed E-state index contributed by atoms with van der Waals surface area (Å²) in [5, 5.41) is 9.57. The van der Waals surface area contributed by atoms with Crippen molar-refractivity contribution >= 4 is 34.3 Å². The first-order valence-electron chi connectivity index (χ1n) is 15.9. The molecule has 3 aromatic rings. The largest absolute Gasteiger partial charge is 0.493 e. The minimum atomic E-state index is -0.875. The van der Waals surface area contributed by atoms with Crippen LogP contribution in [0.4, 0.5) is 4.39 Å². The van der Waals surface area contributed by atoms with Crippen molar-refractivity contribution in [1.82, 2.24) is 20.9 Å². The molecule has 0 saturated carbocycles. The van der Waals surface area contributed by atoms with E-state index < -0.39 is 17.6 Å². The predicted octanol–water partition coefficient (Wildman–Crippen LogP) is 5.78. The van der Waals surface area contributed by atoms with Crippen molar-refractivity contribution in [2.24, 2.45) is 5.92 Å². The molecule has 0 radical (unpaired) electrons. The Hall–Kier alpha value is -4.35. The third-order valence-corrected chi connectivity index (χ3v) is 8.28. The molecule has 12 heteroatoms. The van der Waals surface area contributed by atoms with Crippen molar-refractivity contribution in [3.63, 3.8) is 0 Å². The Morgan fingerprint density at radius 1 is 1.02 bits per heavy atom. The van der Waals surface area contributed by atoms with Gasteiger partial charge in [-0.15, -0.1) is 0 Å². The number of nitrogens with one attached hydrogen (secondary N) is 3. The number of aromatic nitrogens is 1. The number of pyridine rings is 1. The number of piperidine rings is 1. The number of halogens is 2. The standard InChI is InChI=1S/C35H40ClFN4O6/c1-3-16-45-30-6-4-22(17-26(30)36)10-14-40-34(42)35(43)41-24-5-7-31(27(37)18-24)47-29-11-15-39-28-20-33(32(44-2)19-25(28)29)46-21-23-8-12-38-13-9-23/h4,6,11,15,17-20,23,38H,3,5,7-10,12-14,16,21H2,1-2H3,(H,40,42)(H,41,43). The third kappa shape index (κ3) is 9.14. The van der Waals surface area contributed by atoms with Crippen LogP contribution in [0, 0.1) is 5.92 Å². The summed E-state index contributed by atoms with van der Waals surface area (Å²) in [6, 6.07) is 10.7. The fourth-order valence-electron chi connectivity index (χ4n) is 5.38. The van der Waals surface area contributed by atoms with E-state index in [4.69, 9.17) is 30.5 Å². The van der Waals surface area contributed by atoms with Gasteiger partial charge in [-0.3, -0.25) is 14.6 Å². The van der Waals surface area contributed by atoms with E-state index in [1.54, 1.807) is 43.6 Å². The Morgan fingerprint density at radius 2 is 1.85 bits per heavy atom. The first-order chi connectivity index (χ1) is 22.8. The number of carbonyl (C=O) groups is 2. The molecule has 5 rings (SSSR count). The number of rotatable bonds is 13. The second-order valence-corrected chi connectivity index (χ2v) is 11.9. The van der Waals surface area contributed by atoms with Crippen molar-refractivity contribution in [3.05, 3.63) is 76.5 Å². The van der Waals surface area contributed by atoms with E-state index in [1.807, 2.05) is 13.0 Å². The van der Waals surface area contributed by atoms with Gasteiger partial charge < -0.3 is 34.9 Å². The number of methoxy groups -OCH3 is 1. The Morgan fingerprint density at radius 3 is 2.60 bits per heavy atom. The first kappa shape index (κ1) is 34.0. The van der Waals surface area contributed by atoms with Crippen LogP contribution in [0.1, 0.15) is 44.6 Å². The van der Waals surface area contributed by atoms with Gasteiger partial charge in [0.25, 0.3) is 0 Å². The molecule has 0 atom stereocenters. The van der Waals surface area contributed by atoms with Crippen LogP contribution >= 0.6 is 11.6 Å². The van der Waals surface area contributed by atoms with Gasteiger partial charge in [-0.05, 0) is 87.0 Å². The minimum absolute atomic E-state index is 0.106. The average Bonchev–Trinajstić information content (AvgIpc) is 3.08. The summed E-state index contributed by atoms with van der Waals surface area (Å²) < 4.78 is 38.5. The zero-order valence-corrected chi connectivity index (χ0v) is 27.4. The van der Waals surface area contributed by atoms with Gasteiger partial charge in [0, 0.05) is 36.3 Å². The Bertz CT molecular complexity index is 1660. The van der Waals surface area contributed by atoms with Crippen molar-refractivity contribution in [3.8, 4) is 23.0 Å². The highest BCUT2D eigenvalue weighted by Gasteiger charge is 2.22. The highest BCUT2D eigenvalue weighted by molar-refractivity contribution is 6.35. The van der Waals surface area contributed by atoms with Gasteiger partial charge in [0.2, 0.25) is 0 Å². The normalized spacial score (nSPS) is 15.2. The summed E-state index contributed by atoms with van der Waals surface area (Å²) >= 11 is 6.27. The van der Waals surface area contributed by atoms with E-state index in [0.29, 0.717) is 64.5 Å². The number of amides is 2. The number of ether oxygens (including phenoxy) is 4. The number of benzene rings is 2. The summed E-state index contributed by atoms with van der Waals surface area (Å²) in [6.07, 6.45) is 6.66. The number of hydrogen-bond donors (Lipinski definition) is 3. The summed E-state index contributed by atoms with van der Waals surface area (Å²) in [5.41, 5.74) is 1.79. The zero-order chi connectivity index (χ0) is 33.2. The van der Waals surface area contributed by atoms with Crippen LogP contribution in [-0.4, -0.2) is 56.8 Å². The molecule has 1 aromatic heterocycles. The quantitative estimate of drug-likeness (QED) is 0.197. The molecule has 1 saturated heterocycles. The van der Waals surface area contributed by atoms with Crippen LogP contribution in [0.5, 0.6) is 23.0 Å². The summed E-state index contributed by atoms with van der Waals surface area (Å²) in [7, 11) is 1.57. The fourth-order valence-corrected chi connectivity index (χ4v) is 5.64. The second-order valence-electron chi connectivity index (χ2n) is 11.4. The van der Waals surface area contributed by atoms with Gasteiger partial charge in [0.05, 0.1) is 30.9 Å². The van der Waals surface area contributed by atoms with Crippen LogP contribution in [0.15, 0.2) is 66.0 Å². The predicted molar refractivity (Wildman–Crippen MR) is 178 cm³/mol. The molecule has 47 heavy (non-hydrogen) atoms. The fraction of sp³-hybridized carbons (Fsp3) is 0.400. The molecule has 3 N–H and O–H groups in total. The minimum Gasteiger partial charge on any atom is -0.493 e. The second kappa shape index (κ2) is 16.5. The van der Waals surface area contributed by atoms with Crippen molar-refractivity contribution in [2.75, 3.05) is 40.0 Å². The Balaban J connectivity index is 1.16. The molecule has 2 aliphatic rings. The van der Waals surface area contributed by atoms with Gasteiger partial charge >= 0.3 is 11.8 Å². The van der Waals surface area contributed by atoms with Gasteiger partial charge in [-0.1, -0.05) is 24.6 Å². The monoisotopic (exact) mass is 666 g/mol. The molecule has 250 valence electrons. The SMILES string of the molecule is CCCOc1ccc(CCNC(=O)C(=O)NC2=CC(F)=C(Oc3ccnc4cc(OCC5CCNCC5)c(OC)cc34)CC2)cc1Cl. The maximum Gasteiger partial charge on any atom is 0.313 e. The van der Waals surface area contributed by atoms with E-state index in [0.717, 1.165) is 37.9 Å². The van der Waals surface area contributed by atoms with Gasteiger partial charge in [-0.25, -0.2) is 4.39 Å². The lowest BCUT2D eigenvalue weighted by Crippen LogP contribution is -2.40. The van der Waals surface area contributed by atoms with Gasteiger partial charge in [0.1, 0.15) is 17.3 Å². The average molecular weight is 667 g/mol. The van der Waals surface area contributed by atoms with Crippen LogP contribution in [-0.2, 0) is 16.0 Å². The number of nitrogens with zero attached hydrogens (tertiary/aromatic N) is 1. The molecule has 0 unspecified atom stereocenters. The lowest BCUT2D eigenvalue weighted by atomic mass is 9.99. The molecular weight excluding hydrogens is 627 g/mol. The van der Waals surface area contributed by atoms with Crippen LogP contribution in [0.25, 0.3) is 10.9 Å². The molecular formula is C35H40ClFN4O6. The molecule has 1 aliphatic carbocycles. The molecule has 0 spiro atoms. The lowest BCUT2D eigenvalue weighted by molar-refractivity contribution is -0.138. The van der Waals surface area contributed by atoms with Crippen molar-refractivity contribution in [1.29, 1.82) is 0 Å². The van der Waals surface area contributed by atoms with E-state index in [2.05, 4.69) is 20.9 Å². The van der Waals surface area contributed by atoms with E-state index in [-0.39, 0.29) is 30.8 Å². The summed E-state index contributed by atoms with van der Waals surface area (Å²) in [6.45, 7) is 5.36. The number of allylic oxidation sites excluding steroid dienone is 4. The molecule has 0 bridgehead atoms. The number of carbonyl (C=O) groups excluding carboxylic acids is 2. The highest BCUT2D eigenvalue weighted by Crippen LogP contribution is 2.38. The van der Waals surface area contributed by atoms with E-state index in [9.17, 15) is 9.59 Å².